The average molecular weight is 410 g/mol. The zero-order valence-electron chi connectivity index (χ0n) is 18.0. The second kappa shape index (κ2) is 7.51. The lowest BCUT2D eigenvalue weighted by Crippen LogP contribution is -2.31. The largest absolute Gasteiger partial charge is 0.387 e. The summed E-state index contributed by atoms with van der Waals surface area (Å²) in [4.78, 5) is 13.9. The van der Waals surface area contributed by atoms with Crippen molar-refractivity contribution in [2.75, 3.05) is 14.1 Å². The molecule has 0 spiro atoms. The maximum absolute atomic E-state index is 12.3. The lowest BCUT2D eigenvalue weighted by Gasteiger charge is -2.35. The number of fused-ring (bicyclic) bond motifs is 2. The van der Waals surface area contributed by atoms with Crippen LogP contribution in [0.5, 0.6) is 0 Å². The normalized spacial score (nSPS) is 21.4. The molecule has 156 valence electrons. The molecule has 3 aromatic rings. The van der Waals surface area contributed by atoms with E-state index in [9.17, 15) is 9.90 Å². The molecule has 0 saturated carbocycles. The first-order chi connectivity index (χ1) is 15.0. The molecule has 0 saturated heterocycles. The van der Waals surface area contributed by atoms with E-state index in [2.05, 4.69) is 48.5 Å². The number of amides is 1. The first kappa shape index (κ1) is 19.8. The topological polar surface area (TPSA) is 40.5 Å². The van der Waals surface area contributed by atoms with Gasteiger partial charge in [-0.1, -0.05) is 72.3 Å². The van der Waals surface area contributed by atoms with Crippen molar-refractivity contribution in [1.82, 2.24) is 4.90 Å². The van der Waals surface area contributed by atoms with Crippen LogP contribution >= 0.6 is 0 Å². The van der Waals surface area contributed by atoms with E-state index in [4.69, 9.17) is 0 Å². The molecule has 3 heteroatoms. The zero-order chi connectivity index (χ0) is 21.6. The Balaban J connectivity index is 1.53. The predicted octanol–water partition coefficient (Wildman–Crippen LogP) is 4.85. The van der Waals surface area contributed by atoms with Gasteiger partial charge in [0.2, 0.25) is 0 Å². The van der Waals surface area contributed by atoms with Crippen LogP contribution in [0, 0.1) is 5.41 Å². The first-order valence-electron chi connectivity index (χ1n) is 10.8. The number of rotatable bonds is 4. The van der Waals surface area contributed by atoms with Crippen LogP contribution in [-0.4, -0.2) is 30.0 Å². The highest BCUT2D eigenvalue weighted by Crippen LogP contribution is 2.54. The van der Waals surface area contributed by atoms with Crippen molar-refractivity contribution in [2.45, 2.75) is 25.4 Å². The Labute approximate surface area is 183 Å². The average Bonchev–Trinajstić information content (AvgIpc) is 3.34. The van der Waals surface area contributed by atoms with Crippen LogP contribution in [-0.2, 0) is 19.3 Å². The molecular formula is C28H27NO2. The standard InChI is InChI=1S/C28H27NO2/c1-29(2)27(31)20-13-11-19(12-14-20)17-28(18-23-9-5-6-10-25(23)26(28)30)24-15-21-7-3-4-8-22(21)16-24/h3-15,26,30H,16-18H2,1-2H3/t26-,28+/m0/s1. The van der Waals surface area contributed by atoms with E-state index in [0.29, 0.717) is 5.56 Å². The van der Waals surface area contributed by atoms with Crippen molar-refractivity contribution in [3.63, 3.8) is 0 Å². The number of carbonyl (C=O) groups excluding carboxylic acids is 1. The lowest BCUT2D eigenvalue weighted by molar-refractivity contribution is 0.0650. The van der Waals surface area contributed by atoms with Gasteiger partial charge >= 0.3 is 0 Å². The molecule has 3 aromatic carbocycles. The molecule has 2 atom stereocenters. The summed E-state index contributed by atoms with van der Waals surface area (Å²) in [6.07, 6.45) is 4.17. The molecule has 0 radical (unpaired) electrons. The van der Waals surface area contributed by atoms with Gasteiger partial charge in [0, 0.05) is 25.1 Å². The first-order valence-corrected chi connectivity index (χ1v) is 10.8. The Hall–Kier alpha value is -3.17. The number of aliphatic hydroxyl groups excluding tert-OH is 1. The van der Waals surface area contributed by atoms with E-state index in [1.165, 1.54) is 22.3 Å². The second-order valence-electron chi connectivity index (χ2n) is 9.05. The highest BCUT2D eigenvalue weighted by atomic mass is 16.3. The quantitative estimate of drug-likeness (QED) is 0.669. The molecule has 2 aliphatic carbocycles. The van der Waals surface area contributed by atoms with Crippen molar-refractivity contribution in [1.29, 1.82) is 0 Å². The zero-order valence-corrected chi connectivity index (χ0v) is 18.0. The van der Waals surface area contributed by atoms with Gasteiger partial charge in [-0.2, -0.15) is 0 Å². The summed E-state index contributed by atoms with van der Waals surface area (Å²) in [6.45, 7) is 0. The summed E-state index contributed by atoms with van der Waals surface area (Å²) in [5.41, 5.74) is 7.59. The molecule has 1 N–H and O–H groups in total. The number of carbonyl (C=O) groups is 1. The van der Waals surface area contributed by atoms with E-state index >= 15 is 0 Å². The maximum Gasteiger partial charge on any atom is 0.253 e. The van der Waals surface area contributed by atoms with E-state index in [1.54, 1.807) is 19.0 Å². The van der Waals surface area contributed by atoms with Crippen LogP contribution in [0.15, 0.2) is 78.4 Å². The smallest absolute Gasteiger partial charge is 0.253 e. The molecule has 0 unspecified atom stereocenters. The summed E-state index contributed by atoms with van der Waals surface area (Å²) >= 11 is 0. The van der Waals surface area contributed by atoms with Gasteiger partial charge in [-0.25, -0.2) is 0 Å². The van der Waals surface area contributed by atoms with Crippen LogP contribution in [0.25, 0.3) is 6.08 Å². The lowest BCUT2D eigenvalue weighted by atomic mass is 9.70. The number of nitrogens with zero attached hydrogens (tertiary/aromatic N) is 1. The summed E-state index contributed by atoms with van der Waals surface area (Å²) < 4.78 is 0. The van der Waals surface area contributed by atoms with Crippen molar-refractivity contribution in [2.24, 2.45) is 5.41 Å². The Morgan fingerprint density at radius 1 is 0.968 bits per heavy atom. The van der Waals surface area contributed by atoms with Crippen molar-refractivity contribution in [3.05, 3.63) is 112 Å². The van der Waals surface area contributed by atoms with Gasteiger partial charge in [0.1, 0.15) is 0 Å². The third-order valence-electron chi connectivity index (χ3n) is 6.91. The molecule has 5 rings (SSSR count). The monoisotopic (exact) mass is 409 g/mol. The number of aliphatic hydroxyl groups is 1. The van der Waals surface area contributed by atoms with E-state index in [0.717, 1.165) is 30.4 Å². The minimum absolute atomic E-state index is 0.00326. The SMILES string of the molecule is CN(C)C(=O)c1ccc(C[C@]2(C3=Cc4ccccc4C3)Cc3ccccc3[C@@H]2O)cc1. The Morgan fingerprint density at radius 3 is 2.32 bits per heavy atom. The van der Waals surface area contributed by atoms with Crippen LogP contribution in [0.3, 0.4) is 0 Å². The molecule has 0 heterocycles. The Morgan fingerprint density at radius 2 is 1.65 bits per heavy atom. The van der Waals surface area contributed by atoms with Crippen molar-refractivity contribution < 1.29 is 9.90 Å². The fourth-order valence-electron chi connectivity index (χ4n) is 5.25. The van der Waals surface area contributed by atoms with Crippen LogP contribution in [0.1, 0.15) is 44.3 Å². The summed E-state index contributed by atoms with van der Waals surface area (Å²) in [5.74, 6) is 0.00326. The molecule has 1 amide bonds. The van der Waals surface area contributed by atoms with Crippen molar-refractivity contribution >= 4 is 12.0 Å². The number of benzene rings is 3. The number of hydrogen-bond donors (Lipinski definition) is 1. The van der Waals surface area contributed by atoms with Gasteiger partial charge in [0.05, 0.1) is 6.10 Å². The molecule has 0 bridgehead atoms. The van der Waals surface area contributed by atoms with Crippen molar-refractivity contribution in [3.8, 4) is 0 Å². The molecule has 0 fully saturated rings. The van der Waals surface area contributed by atoms with Crippen LogP contribution in [0.4, 0.5) is 0 Å². The molecule has 3 nitrogen and oxygen atoms in total. The van der Waals surface area contributed by atoms with Gasteiger partial charge in [-0.3, -0.25) is 4.79 Å². The van der Waals surface area contributed by atoms with E-state index < -0.39 is 6.10 Å². The summed E-state index contributed by atoms with van der Waals surface area (Å²) in [6, 6.07) is 24.6. The highest BCUT2D eigenvalue weighted by molar-refractivity contribution is 5.93. The summed E-state index contributed by atoms with van der Waals surface area (Å²) in [5, 5.41) is 11.6. The van der Waals surface area contributed by atoms with Gasteiger partial charge < -0.3 is 10.0 Å². The Kier molecular flexibility index (Phi) is 4.79. The fourth-order valence-corrected chi connectivity index (χ4v) is 5.25. The summed E-state index contributed by atoms with van der Waals surface area (Å²) in [7, 11) is 3.53. The number of hydrogen-bond acceptors (Lipinski definition) is 2. The third-order valence-corrected chi connectivity index (χ3v) is 6.91. The molecule has 2 aliphatic rings. The van der Waals surface area contributed by atoms with Gasteiger partial charge in [0.15, 0.2) is 0 Å². The van der Waals surface area contributed by atoms with E-state index in [1.807, 2.05) is 30.3 Å². The van der Waals surface area contributed by atoms with Crippen LogP contribution in [0.2, 0.25) is 0 Å². The predicted molar refractivity (Wildman–Crippen MR) is 124 cm³/mol. The van der Waals surface area contributed by atoms with Gasteiger partial charge in [-0.05, 0) is 59.2 Å². The second-order valence-corrected chi connectivity index (χ2v) is 9.05. The van der Waals surface area contributed by atoms with Gasteiger partial charge in [0.25, 0.3) is 5.91 Å². The molecule has 31 heavy (non-hydrogen) atoms. The van der Waals surface area contributed by atoms with Gasteiger partial charge in [-0.15, -0.1) is 0 Å². The molecule has 0 aliphatic heterocycles. The maximum atomic E-state index is 12.3. The highest BCUT2D eigenvalue weighted by Gasteiger charge is 2.48. The Bertz CT molecular complexity index is 1180. The minimum atomic E-state index is -0.549. The molecular weight excluding hydrogens is 382 g/mol. The third kappa shape index (κ3) is 3.30. The minimum Gasteiger partial charge on any atom is -0.387 e. The van der Waals surface area contributed by atoms with E-state index in [-0.39, 0.29) is 11.3 Å². The van der Waals surface area contributed by atoms with Crippen LogP contribution < -0.4 is 0 Å². The molecule has 0 aromatic heterocycles. The fraction of sp³-hybridized carbons (Fsp3) is 0.250.